The molecule has 2 rings (SSSR count). The van der Waals surface area contributed by atoms with Crippen molar-refractivity contribution in [2.45, 2.75) is 18.9 Å². The minimum absolute atomic E-state index is 0.00110. The Kier molecular flexibility index (Phi) is 3.50. The van der Waals surface area contributed by atoms with Gasteiger partial charge in [0, 0.05) is 7.05 Å². The Morgan fingerprint density at radius 1 is 1.47 bits per heavy atom. The van der Waals surface area contributed by atoms with E-state index in [0.717, 1.165) is 4.90 Å². The third-order valence-corrected chi connectivity index (χ3v) is 2.99. The average Bonchev–Trinajstić information content (AvgIpc) is 2.57. The number of carbonyl (C=O) groups is 3. The summed E-state index contributed by atoms with van der Waals surface area (Å²) in [6.45, 7) is 0. The smallest absolute Gasteiger partial charge is 0.252 e. The van der Waals surface area contributed by atoms with E-state index in [9.17, 15) is 19.5 Å². The lowest BCUT2D eigenvalue weighted by atomic mass is 10.1. The number of nitrogens with zero attached hydrogens (tertiary/aromatic N) is 1. The van der Waals surface area contributed by atoms with E-state index in [2.05, 4.69) is 5.32 Å². The molecule has 0 radical (unpaired) electrons. The molecule has 100 valence electrons. The van der Waals surface area contributed by atoms with Crippen LogP contribution in [0.4, 0.5) is 0 Å². The van der Waals surface area contributed by atoms with Crippen molar-refractivity contribution in [2.24, 2.45) is 0 Å². The standard InChI is InChI=1S/C13H14N2O4/c1-15-12(18)7-10(13(15)19)14-11(17)6-8-3-2-4-9(16)5-8/h2-5,10,16H,6-7H2,1H3,(H,14,17). The summed E-state index contributed by atoms with van der Waals surface area (Å²) in [5, 5.41) is 11.8. The first-order valence-corrected chi connectivity index (χ1v) is 5.85. The van der Waals surface area contributed by atoms with Gasteiger partial charge in [0.25, 0.3) is 5.91 Å². The fourth-order valence-electron chi connectivity index (χ4n) is 1.97. The highest BCUT2D eigenvalue weighted by Crippen LogP contribution is 2.13. The highest BCUT2D eigenvalue weighted by Gasteiger charge is 2.36. The van der Waals surface area contributed by atoms with Gasteiger partial charge in [0.05, 0.1) is 12.8 Å². The van der Waals surface area contributed by atoms with Crippen LogP contribution in [0.25, 0.3) is 0 Å². The number of amides is 3. The van der Waals surface area contributed by atoms with Crippen LogP contribution in [-0.4, -0.2) is 40.8 Å². The first-order valence-electron chi connectivity index (χ1n) is 5.85. The molecule has 1 unspecified atom stereocenters. The Labute approximate surface area is 110 Å². The van der Waals surface area contributed by atoms with Gasteiger partial charge < -0.3 is 10.4 Å². The molecule has 6 heteroatoms. The highest BCUT2D eigenvalue weighted by atomic mass is 16.3. The average molecular weight is 262 g/mol. The number of hydrogen-bond acceptors (Lipinski definition) is 4. The van der Waals surface area contributed by atoms with E-state index < -0.39 is 11.9 Å². The zero-order valence-electron chi connectivity index (χ0n) is 10.4. The van der Waals surface area contributed by atoms with E-state index in [1.807, 2.05) is 0 Å². The number of hydrogen-bond donors (Lipinski definition) is 2. The molecule has 1 saturated heterocycles. The predicted molar refractivity (Wildman–Crippen MR) is 66.1 cm³/mol. The highest BCUT2D eigenvalue weighted by molar-refractivity contribution is 6.06. The second-order valence-electron chi connectivity index (χ2n) is 4.46. The molecular formula is C13H14N2O4. The fourth-order valence-corrected chi connectivity index (χ4v) is 1.97. The first-order chi connectivity index (χ1) is 8.97. The second kappa shape index (κ2) is 5.09. The summed E-state index contributed by atoms with van der Waals surface area (Å²) >= 11 is 0. The maximum atomic E-state index is 11.8. The lowest BCUT2D eigenvalue weighted by molar-refractivity contribution is -0.138. The Morgan fingerprint density at radius 2 is 2.21 bits per heavy atom. The topological polar surface area (TPSA) is 86.7 Å². The van der Waals surface area contributed by atoms with Gasteiger partial charge in [-0.3, -0.25) is 19.3 Å². The number of rotatable bonds is 3. The van der Waals surface area contributed by atoms with Crippen LogP contribution in [-0.2, 0) is 20.8 Å². The van der Waals surface area contributed by atoms with E-state index in [1.54, 1.807) is 12.1 Å². The zero-order chi connectivity index (χ0) is 14.0. The molecule has 0 bridgehead atoms. The summed E-state index contributed by atoms with van der Waals surface area (Å²) in [5.41, 5.74) is 0.641. The van der Waals surface area contributed by atoms with E-state index in [-0.39, 0.29) is 30.4 Å². The van der Waals surface area contributed by atoms with Crippen molar-refractivity contribution < 1.29 is 19.5 Å². The molecule has 0 aliphatic carbocycles. The summed E-state index contributed by atoms with van der Waals surface area (Å²) in [5.74, 6) is -0.967. The second-order valence-corrected chi connectivity index (χ2v) is 4.46. The van der Waals surface area contributed by atoms with Gasteiger partial charge in [-0.2, -0.15) is 0 Å². The quantitative estimate of drug-likeness (QED) is 0.739. The summed E-state index contributed by atoms with van der Waals surface area (Å²) in [6.07, 6.45) is 0.0528. The SMILES string of the molecule is CN1C(=O)CC(NC(=O)Cc2cccc(O)c2)C1=O. The number of imide groups is 1. The van der Waals surface area contributed by atoms with E-state index in [0.29, 0.717) is 5.56 Å². The number of likely N-dealkylation sites (tertiary alicyclic amines) is 1. The Morgan fingerprint density at radius 3 is 2.79 bits per heavy atom. The molecule has 1 aliphatic rings. The molecule has 1 fully saturated rings. The van der Waals surface area contributed by atoms with E-state index >= 15 is 0 Å². The molecular weight excluding hydrogens is 248 g/mol. The van der Waals surface area contributed by atoms with Crippen molar-refractivity contribution >= 4 is 17.7 Å². The van der Waals surface area contributed by atoms with Crippen LogP contribution < -0.4 is 5.32 Å². The van der Waals surface area contributed by atoms with Crippen LogP contribution in [0, 0.1) is 0 Å². The maximum absolute atomic E-state index is 11.8. The van der Waals surface area contributed by atoms with Gasteiger partial charge in [0.1, 0.15) is 11.8 Å². The summed E-state index contributed by atoms with van der Waals surface area (Å²) in [4.78, 5) is 35.7. The third-order valence-electron chi connectivity index (χ3n) is 2.99. The fraction of sp³-hybridized carbons (Fsp3) is 0.308. The number of phenols is 1. The third kappa shape index (κ3) is 2.90. The van der Waals surface area contributed by atoms with Gasteiger partial charge in [-0.05, 0) is 17.7 Å². The molecule has 1 aliphatic heterocycles. The van der Waals surface area contributed by atoms with Gasteiger partial charge in [-0.15, -0.1) is 0 Å². The molecule has 0 saturated carbocycles. The molecule has 2 N–H and O–H groups in total. The lowest BCUT2D eigenvalue weighted by Crippen LogP contribution is -2.41. The minimum Gasteiger partial charge on any atom is -0.508 e. The van der Waals surface area contributed by atoms with Crippen molar-refractivity contribution in [3.63, 3.8) is 0 Å². The van der Waals surface area contributed by atoms with E-state index in [1.165, 1.54) is 19.2 Å². The van der Waals surface area contributed by atoms with Crippen LogP contribution in [0.2, 0.25) is 0 Å². The van der Waals surface area contributed by atoms with Crippen LogP contribution in [0.3, 0.4) is 0 Å². The summed E-state index contributed by atoms with van der Waals surface area (Å²) in [6, 6.07) is 5.55. The van der Waals surface area contributed by atoms with Crippen LogP contribution >= 0.6 is 0 Å². The summed E-state index contributed by atoms with van der Waals surface area (Å²) < 4.78 is 0. The molecule has 0 aromatic heterocycles. The largest absolute Gasteiger partial charge is 0.508 e. The van der Waals surface area contributed by atoms with E-state index in [4.69, 9.17) is 0 Å². The molecule has 3 amide bonds. The predicted octanol–water partition coefficient (Wildman–Crippen LogP) is -0.192. The first kappa shape index (κ1) is 13.1. The number of nitrogens with one attached hydrogen (secondary N) is 1. The number of carbonyl (C=O) groups excluding carboxylic acids is 3. The monoisotopic (exact) mass is 262 g/mol. The Bertz CT molecular complexity index is 541. The molecule has 1 aromatic rings. The van der Waals surface area contributed by atoms with Gasteiger partial charge in [0.2, 0.25) is 11.8 Å². The number of likely N-dealkylation sites (N-methyl/N-ethyl adjacent to an activating group) is 1. The molecule has 0 spiro atoms. The lowest BCUT2D eigenvalue weighted by Gasteiger charge is -2.11. The molecule has 19 heavy (non-hydrogen) atoms. The number of phenolic OH excluding ortho intramolecular Hbond substituents is 1. The molecule has 6 nitrogen and oxygen atoms in total. The van der Waals surface area contributed by atoms with Crippen molar-refractivity contribution in [2.75, 3.05) is 7.05 Å². The van der Waals surface area contributed by atoms with Gasteiger partial charge in [0.15, 0.2) is 0 Å². The Balaban J connectivity index is 1.95. The van der Waals surface area contributed by atoms with Crippen LogP contribution in [0.1, 0.15) is 12.0 Å². The van der Waals surface area contributed by atoms with Crippen molar-refractivity contribution in [3.8, 4) is 5.75 Å². The number of benzene rings is 1. The summed E-state index contributed by atoms with van der Waals surface area (Å²) in [7, 11) is 1.39. The van der Waals surface area contributed by atoms with Gasteiger partial charge >= 0.3 is 0 Å². The minimum atomic E-state index is -0.776. The van der Waals surface area contributed by atoms with Gasteiger partial charge in [-0.1, -0.05) is 12.1 Å². The number of aromatic hydroxyl groups is 1. The molecule has 1 atom stereocenters. The zero-order valence-corrected chi connectivity index (χ0v) is 10.4. The van der Waals surface area contributed by atoms with Gasteiger partial charge in [-0.25, -0.2) is 0 Å². The Hall–Kier alpha value is -2.37. The molecule has 1 heterocycles. The normalized spacial score (nSPS) is 18.8. The van der Waals surface area contributed by atoms with Crippen molar-refractivity contribution in [1.82, 2.24) is 10.2 Å². The van der Waals surface area contributed by atoms with Crippen molar-refractivity contribution in [1.29, 1.82) is 0 Å². The molecule has 1 aromatic carbocycles. The van der Waals surface area contributed by atoms with Crippen molar-refractivity contribution in [3.05, 3.63) is 29.8 Å². The maximum Gasteiger partial charge on any atom is 0.252 e. The van der Waals surface area contributed by atoms with Crippen LogP contribution in [0.5, 0.6) is 5.75 Å². The van der Waals surface area contributed by atoms with Crippen LogP contribution in [0.15, 0.2) is 24.3 Å².